The summed E-state index contributed by atoms with van der Waals surface area (Å²) < 4.78 is 29.7. The van der Waals surface area contributed by atoms with Crippen molar-refractivity contribution in [3.63, 3.8) is 0 Å². The van der Waals surface area contributed by atoms with E-state index in [9.17, 15) is 14.4 Å². The van der Waals surface area contributed by atoms with Crippen LogP contribution in [0.2, 0.25) is 0 Å². The molecule has 276 valence electrons. The molecular weight excluding hydrogens is 642 g/mol. The minimum atomic E-state index is -0.636. The van der Waals surface area contributed by atoms with Crippen LogP contribution in [0.1, 0.15) is 111 Å². The van der Waals surface area contributed by atoms with E-state index in [1.165, 1.54) is 5.57 Å². The maximum atomic E-state index is 13.9. The molecular formula is C39H55NO10. The third-order valence-electron chi connectivity index (χ3n) is 9.24. The van der Waals surface area contributed by atoms with Crippen molar-refractivity contribution >= 4 is 17.5 Å². The van der Waals surface area contributed by atoms with E-state index < -0.39 is 29.8 Å². The Bertz CT molecular complexity index is 1560. The van der Waals surface area contributed by atoms with Crippen LogP contribution in [0.3, 0.4) is 0 Å². The van der Waals surface area contributed by atoms with E-state index in [0.29, 0.717) is 36.3 Å². The van der Waals surface area contributed by atoms with Crippen molar-refractivity contribution in [1.82, 2.24) is 5.48 Å². The fourth-order valence-electron chi connectivity index (χ4n) is 6.24. The smallest absolute Gasteiger partial charge is 0.269 e. The molecule has 0 aromatic heterocycles. The number of ether oxygens (including phenoxy) is 5. The topological polar surface area (TPSA) is 150 Å². The highest BCUT2D eigenvalue weighted by Gasteiger charge is 2.35. The van der Waals surface area contributed by atoms with Gasteiger partial charge in [0.1, 0.15) is 48.7 Å². The third-order valence-corrected chi connectivity index (χ3v) is 9.24. The van der Waals surface area contributed by atoms with E-state index in [2.05, 4.69) is 13.0 Å². The van der Waals surface area contributed by atoms with Gasteiger partial charge < -0.3 is 28.8 Å². The molecule has 0 saturated carbocycles. The second-order valence-corrected chi connectivity index (χ2v) is 14.2. The molecule has 2 aromatic rings. The van der Waals surface area contributed by atoms with Crippen molar-refractivity contribution < 1.29 is 48.4 Å². The molecule has 2 aromatic carbocycles. The zero-order chi connectivity index (χ0) is 37.2. The number of nitrogens with one attached hydrogen (secondary N) is 1. The lowest BCUT2D eigenvalue weighted by Gasteiger charge is -2.31. The summed E-state index contributed by atoms with van der Waals surface area (Å²) in [7, 11) is 3.21. The van der Waals surface area contributed by atoms with Gasteiger partial charge in [-0.3, -0.25) is 19.6 Å². The first-order valence-electron chi connectivity index (χ1n) is 17.1. The maximum Gasteiger partial charge on any atom is 0.269 e. The van der Waals surface area contributed by atoms with Crippen LogP contribution in [0.15, 0.2) is 29.8 Å². The zero-order valence-electron chi connectivity index (χ0n) is 31.1. The van der Waals surface area contributed by atoms with Crippen LogP contribution in [0, 0.1) is 13.8 Å². The molecule has 1 aliphatic heterocycles. The normalized spacial score (nSPS) is 15.0. The van der Waals surface area contributed by atoms with E-state index in [1.54, 1.807) is 19.7 Å². The maximum absolute atomic E-state index is 13.9. The Hall–Kier alpha value is -3.77. The quantitative estimate of drug-likeness (QED) is 0.0870. The van der Waals surface area contributed by atoms with Crippen LogP contribution >= 0.6 is 0 Å². The van der Waals surface area contributed by atoms with Gasteiger partial charge in [-0.15, -0.1) is 0 Å². The number of Topliss-reactive ketones (excluding diaryl/α,β-unsaturated/α-hetero) is 2. The summed E-state index contributed by atoms with van der Waals surface area (Å²) in [4.78, 5) is 36.8. The number of allylic oxidation sites excluding steroid dienone is 2. The highest BCUT2D eigenvalue weighted by atomic mass is 16.5. The number of hydrogen-bond acceptors (Lipinski definition) is 10. The molecule has 1 amide bonds. The highest BCUT2D eigenvalue weighted by Crippen LogP contribution is 2.45. The average molecular weight is 698 g/mol. The second kappa shape index (κ2) is 17.9. The predicted octanol–water partition coefficient (Wildman–Crippen LogP) is 6.28. The van der Waals surface area contributed by atoms with Crippen molar-refractivity contribution in [3.05, 3.63) is 63.2 Å². The molecule has 0 saturated heterocycles. The molecule has 0 spiro atoms. The number of benzene rings is 2. The zero-order valence-corrected chi connectivity index (χ0v) is 31.1. The number of rotatable bonds is 19. The number of hydrogen-bond donors (Lipinski definition) is 3. The van der Waals surface area contributed by atoms with Crippen LogP contribution in [-0.4, -0.2) is 73.0 Å². The lowest BCUT2D eigenvalue weighted by atomic mass is 9.87. The van der Waals surface area contributed by atoms with Gasteiger partial charge in [-0.05, 0) is 115 Å². The van der Waals surface area contributed by atoms with Crippen LogP contribution in [0.4, 0.5) is 0 Å². The van der Waals surface area contributed by atoms with Gasteiger partial charge >= 0.3 is 0 Å². The molecule has 11 nitrogen and oxygen atoms in total. The third kappa shape index (κ3) is 10.9. The lowest BCUT2D eigenvalue weighted by molar-refractivity contribution is -0.140. The Labute approximate surface area is 296 Å². The number of aliphatic hydroxyl groups excluding tert-OH is 1. The van der Waals surface area contributed by atoms with E-state index in [1.807, 2.05) is 59.7 Å². The van der Waals surface area contributed by atoms with Gasteiger partial charge in [-0.1, -0.05) is 23.8 Å². The van der Waals surface area contributed by atoms with Crippen LogP contribution in [0.25, 0.3) is 0 Å². The van der Waals surface area contributed by atoms with Crippen molar-refractivity contribution in [2.75, 3.05) is 34.0 Å². The molecule has 1 aliphatic rings. The number of carbonyl (C=O) groups is 3. The number of methoxy groups -OCH3 is 2. The van der Waals surface area contributed by atoms with E-state index in [0.717, 1.165) is 52.8 Å². The number of carbonyl (C=O) groups excluding carboxylic acids is 3. The molecule has 0 aliphatic carbocycles. The molecule has 0 bridgehead atoms. The standard InChI is InChI=1S/C39H55NO10/c1-24(11-10-17-38(4,5)49-23-34(44)40-45)12-14-30-29(15-13-25(2)36(30)46-8)32-20-31(43)35-33(50-32)19-26(3)28(37(35)47-9)16-18-39(6,7)48-22-27(42)21-41/h12-13,15,19,32,41,45H,10-11,14,16-18,20-23H2,1-9H3,(H,40,44)/b24-12+. The number of amides is 1. The first-order valence-corrected chi connectivity index (χ1v) is 17.1. The molecule has 1 heterocycles. The van der Waals surface area contributed by atoms with Crippen molar-refractivity contribution in [2.24, 2.45) is 0 Å². The SMILES string of the molecule is COc1c(C)ccc(C2CC(=O)c3c(cc(C)c(CCC(C)(C)OCC(=O)CO)c3OC)O2)c1C/C=C(\C)CCCC(C)(C)OCC(=O)NO. The Morgan fingerprint density at radius 2 is 1.64 bits per heavy atom. The molecule has 1 unspecified atom stereocenters. The molecule has 1 atom stereocenters. The number of ketones is 2. The van der Waals surface area contributed by atoms with Crippen molar-refractivity contribution in [3.8, 4) is 17.2 Å². The number of hydroxylamine groups is 1. The van der Waals surface area contributed by atoms with Gasteiger partial charge in [-0.2, -0.15) is 0 Å². The van der Waals surface area contributed by atoms with Crippen LogP contribution < -0.4 is 19.7 Å². The van der Waals surface area contributed by atoms with Crippen molar-refractivity contribution in [1.29, 1.82) is 0 Å². The van der Waals surface area contributed by atoms with Gasteiger partial charge in [0.05, 0.1) is 31.8 Å². The molecule has 11 heteroatoms. The summed E-state index contributed by atoms with van der Waals surface area (Å²) in [6.45, 7) is 12.7. The van der Waals surface area contributed by atoms with Crippen LogP contribution in [-0.2, 0) is 31.9 Å². The first kappa shape index (κ1) is 40.7. The first-order chi connectivity index (χ1) is 23.6. The van der Waals surface area contributed by atoms with Crippen LogP contribution in [0.5, 0.6) is 17.2 Å². The van der Waals surface area contributed by atoms with E-state index >= 15 is 0 Å². The number of aryl methyl sites for hydroxylation is 2. The highest BCUT2D eigenvalue weighted by molar-refractivity contribution is 6.03. The second-order valence-electron chi connectivity index (χ2n) is 14.2. The van der Waals surface area contributed by atoms with Gasteiger partial charge in [0, 0.05) is 5.56 Å². The Morgan fingerprint density at radius 1 is 0.980 bits per heavy atom. The van der Waals surface area contributed by atoms with Gasteiger partial charge in [0.15, 0.2) is 11.6 Å². The number of aliphatic hydroxyl groups is 1. The van der Waals surface area contributed by atoms with Gasteiger partial charge in [0.25, 0.3) is 5.91 Å². The summed E-state index contributed by atoms with van der Waals surface area (Å²) in [5.41, 5.74) is 6.70. The monoisotopic (exact) mass is 697 g/mol. The minimum Gasteiger partial charge on any atom is -0.496 e. The molecule has 0 fully saturated rings. The predicted molar refractivity (Wildman–Crippen MR) is 189 cm³/mol. The summed E-state index contributed by atoms with van der Waals surface area (Å²) >= 11 is 0. The molecule has 50 heavy (non-hydrogen) atoms. The molecule has 3 N–H and O–H groups in total. The lowest BCUT2D eigenvalue weighted by Crippen LogP contribution is -2.32. The number of fused-ring (bicyclic) bond motifs is 1. The van der Waals surface area contributed by atoms with Crippen molar-refractivity contribution in [2.45, 2.75) is 111 Å². The Morgan fingerprint density at radius 3 is 2.28 bits per heavy atom. The fraction of sp³-hybridized carbons (Fsp3) is 0.564. The minimum absolute atomic E-state index is 0.0723. The molecule has 0 radical (unpaired) electrons. The fourth-order valence-corrected chi connectivity index (χ4v) is 6.24. The summed E-state index contributed by atoms with van der Waals surface area (Å²) in [5, 5.41) is 17.8. The van der Waals surface area contributed by atoms with E-state index in [4.69, 9.17) is 34.0 Å². The summed E-state index contributed by atoms with van der Waals surface area (Å²) in [5.74, 6) is 0.703. The van der Waals surface area contributed by atoms with Gasteiger partial charge in [-0.25, -0.2) is 5.48 Å². The summed E-state index contributed by atoms with van der Waals surface area (Å²) in [6.07, 6.45) is 5.91. The Kier molecular flexibility index (Phi) is 14.6. The molecule has 3 rings (SSSR count). The van der Waals surface area contributed by atoms with E-state index in [-0.39, 0.29) is 31.2 Å². The average Bonchev–Trinajstić information content (AvgIpc) is 3.07. The van der Waals surface area contributed by atoms with Gasteiger partial charge in [0.2, 0.25) is 0 Å². The Balaban J connectivity index is 1.82. The largest absolute Gasteiger partial charge is 0.496 e. The summed E-state index contributed by atoms with van der Waals surface area (Å²) in [6, 6.07) is 5.91.